The molecule has 0 spiro atoms. The zero-order chi connectivity index (χ0) is 14.9. The summed E-state index contributed by atoms with van der Waals surface area (Å²) in [7, 11) is 0. The minimum atomic E-state index is -0.936. The van der Waals surface area contributed by atoms with Gasteiger partial charge in [0.1, 0.15) is 17.2 Å². The molecule has 0 bridgehead atoms. The van der Waals surface area contributed by atoms with Crippen LogP contribution in [0.1, 0.15) is 20.1 Å². The quantitative estimate of drug-likeness (QED) is 0.704. The zero-order valence-electron chi connectivity index (χ0n) is 10.2. The Bertz CT molecular complexity index is 670. The minimum Gasteiger partial charge on any atom is -0.487 e. The molecule has 0 aliphatic carbocycles. The fourth-order valence-electron chi connectivity index (χ4n) is 1.54. The van der Waals surface area contributed by atoms with Crippen LogP contribution in [-0.4, -0.2) is 11.1 Å². The molecule has 0 radical (unpaired) electrons. The van der Waals surface area contributed by atoms with Gasteiger partial charge in [0, 0.05) is 21.0 Å². The molecule has 1 N–H and O–H groups in total. The van der Waals surface area contributed by atoms with Crippen LogP contribution in [0.25, 0.3) is 0 Å². The second kappa shape index (κ2) is 6.35. The lowest BCUT2D eigenvalue weighted by Crippen LogP contribution is -1.97. The SMILES string of the molecule is Cc1sc(C(=O)O)cc1COc1cc(Cl)c(Br)cc1Cl. The normalized spacial score (nSPS) is 10.6. The fourth-order valence-corrected chi connectivity index (χ4v) is 3.25. The molecule has 0 fully saturated rings. The number of hydrogen-bond donors (Lipinski definition) is 1. The van der Waals surface area contributed by atoms with Crippen molar-refractivity contribution in [2.75, 3.05) is 0 Å². The largest absolute Gasteiger partial charge is 0.487 e. The van der Waals surface area contributed by atoms with Crippen LogP contribution in [0.15, 0.2) is 22.7 Å². The van der Waals surface area contributed by atoms with E-state index in [9.17, 15) is 4.79 Å². The maximum atomic E-state index is 10.9. The van der Waals surface area contributed by atoms with Gasteiger partial charge in [-0.3, -0.25) is 0 Å². The van der Waals surface area contributed by atoms with Crippen molar-refractivity contribution in [1.29, 1.82) is 0 Å². The standard InChI is InChI=1S/C13H9BrCl2O3S/c1-6-7(2-12(20-6)13(17)18)5-19-11-4-9(15)8(14)3-10(11)16/h2-4H,5H2,1H3,(H,17,18). The van der Waals surface area contributed by atoms with E-state index in [4.69, 9.17) is 33.0 Å². The molecule has 0 aliphatic heterocycles. The highest BCUT2D eigenvalue weighted by atomic mass is 79.9. The van der Waals surface area contributed by atoms with Crippen LogP contribution in [0.4, 0.5) is 0 Å². The molecule has 1 aromatic carbocycles. The molecule has 2 rings (SSSR count). The molecule has 1 heterocycles. The number of aromatic carboxylic acids is 1. The van der Waals surface area contributed by atoms with E-state index in [1.165, 1.54) is 11.3 Å². The highest BCUT2D eigenvalue weighted by Crippen LogP contribution is 2.35. The molecular formula is C13H9BrCl2O3S. The van der Waals surface area contributed by atoms with Gasteiger partial charge in [0.05, 0.1) is 10.0 Å². The van der Waals surface area contributed by atoms with E-state index >= 15 is 0 Å². The number of benzene rings is 1. The molecule has 0 atom stereocenters. The van der Waals surface area contributed by atoms with Crippen molar-refractivity contribution in [2.45, 2.75) is 13.5 Å². The van der Waals surface area contributed by atoms with Crippen molar-refractivity contribution in [3.05, 3.63) is 48.0 Å². The molecule has 0 saturated heterocycles. The van der Waals surface area contributed by atoms with Gasteiger partial charge in [-0.15, -0.1) is 11.3 Å². The van der Waals surface area contributed by atoms with E-state index in [1.807, 2.05) is 6.92 Å². The molecule has 0 unspecified atom stereocenters. The third-order valence-corrected chi connectivity index (χ3v) is 5.16. The van der Waals surface area contributed by atoms with Gasteiger partial charge < -0.3 is 9.84 Å². The molecule has 106 valence electrons. The molecule has 2 aromatic rings. The summed E-state index contributed by atoms with van der Waals surface area (Å²) in [6, 6.07) is 4.88. The first-order chi connectivity index (χ1) is 9.38. The molecule has 0 aliphatic rings. The number of rotatable bonds is 4. The average molecular weight is 396 g/mol. The maximum absolute atomic E-state index is 10.9. The van der Waals surface area contributed by atoms with E-state index in [-0.39, 0.29) is 6.61 Å². The molecule has 0 amide bonds. The van der Waals surface area contributed by atoms with Gasteiger partial charge in [-0.05, 0) is 35.0 Å². The van der Waals surface area contributed by atoms with Crippen molar-refractivity contribution in [3.8, 4) is 5.75 Å². The van der Waals surface area contributed by atoms with Gasteiger partial charge in [-0.1, -0.05) is 23.2 Å². The fraction of sp³-hybridized carbons (Fsp3) is 0.154. The Kier molecular flexibility index (Phi) is 4.96. The third kappa shape index (κ3) is 3.47. The van der Waals surface area contributed by atoms with E-state index in [0.29, 0.717) is 25.1 Å². The summed E-state index contributed by atoms with van der Waals surface area (Å²) in [5.41, 5.74) is 0.822. The molecule has 20 heavy (non-hydrogen) atoms. The number of hydrogen-bond acceptors (Lipinski definition) is 3. The second-order valence-corrected chi connectivity index (χ2v) is 6.91. The Morgan fingerprint density at radius 1 is 1.35 bits per heavy atom. The van der Waals surface area contributed by atoms with E-state index < -0.39 is 5.97 Å². The Labute approximate surface area is 138 Å². The van der Waals surface area contributed by atoms with Crippen LogP contribution in [-0.2, 0) is 6.61 Å². The lowest BCUT2D eigenvalue weighted by atomic mass is 10.2. The van der Waals surface area contributed by atoms with Gasteiger partial charge in [0.25, 0.3) is 0 Å². The topological polar surface area (TPSA) is 46.5 Å². The molecule has 7 heteroatoms. The summed E-state index contributed by atoms with van der Waals surface area (Å²) in [6.45, 7) is 2.10. The van der Waals surface area contributed by atoms with Crippen LogP contribution in [0.2, 0.25) is 10.0 Å². The number of halogens is 3. The predicted molar refractivity (Wildman–Crippen MR) is 84.5 cm³/mol. The number of carboxylic acids is 1. The van der Waals surface area contributed by atoms with Gasteiger partial charge in [-0.25, -0.2) is 4.79 Å². The number of aryl methyl sites for hydroxylation is 1. The Balaban J connectivity index is 2.17. The van der Waals surface area contributed by atoms with E-state index in [0.717, 1.165) is 10.4 Å². The van der Waals surface area contributed by atoms with Crippen molar-refractivity contribution < 1.29 is 14.6 Å². The summed E-state index contributed by atoms with van der Waals surface area (Å²) in [5.74, 6) is -0.476. The maximum Gasteiger partial charge on any atom is 0.345 e. The monoisotopic (exact) mass is 394 g/mol. The van der Waals surface area contributed by atoms with Crippen LogP contribution < -0.4 is 4.74 Å². The summed E-state index contributed by atoms with van der Waals surface area (Å²) in [6.07, 6.45) is 0. The molecule has 0 saturated carbocycles. The minimum absolute atomic E-state index is 0.243. The molecule has 1 aromatic heterocycles. The zero-order valence-corrected chi connectivity index (χ0v) is 14.2. The number of thiophene rings is 1. The first-order valence-electron chi connectivity index (χ1n) is 5.48. The van der Waals surface area contributed by atoms with Crippen molar-refractivity contribution in [1.82, 2.24) is 0 Å². The summed E-state index contributed by atoms with van der Waals surface area (Å²) in [5, 5.41) is 9.88. The van der Waals surface area contributed by atoms with Crippen molar-refractivity contribution in [2.24, 2.45) is 0 Å². The van der Waals surface area contributed by atoms with Crippen molar-refractivity contribution >= 4 is 56.4 Å². The van der Waals surface area contributed by atoms with Gasteiger partial charge in [-0.2, -0.15) is 0 Å². The molecular weight excluding hydrogens is 387 g/mol. The first kappa shape index (κ1) is 15.6. The van der Waals surface area contributed by atoms with Gasteiger partial charge in [0.15, 0.2) is 0 Å². The Morgan fingerprint density at radius 3 is 2.65 bits per heavy atom. The summed E-state index contributed by atoms with van der Waals surface area (Å²) >= 11 is 16.5. The Morgan fingerprint density at radius 2 is 2.05 bits per heavy atom. The van der Waals surface area contributed by atoms with Gasteiger partial charge >= 0.3 is 5.97 Å². The lowest BCUT2D eigenvalue weighted by Gasteiger charge is -2.09. The van der Waals surface area contributed by atoms with Gasteiger partial charge in [0.2, 0.25) is 0 Å². The van der Waals surface area contributed by atoms with E-state index in [1.54, 1.807) is 18.2 Å². The average Bonchev–Trinajstić information content (AvgIpc) is 2.74. The Hall–Kier alpha value is -0.750. The van der Waals surface area contributed by atoms with Crippen LogP contribution in [0.3, 0.4) is 0 Å². The summed E-state index contributed by atoms with van der Waals surface area (Å²) in [4.78, 5) is 12.1. The first-order valence-corrected chi connectivity index (χ1v) is 7.85. The summed E-state index contributed by atoms with van der Waals surface area (Å²) < 4.78 is 6.30. The third-order valence-electron chi connectivity index (χ3n) is 2.59. The van der Waals surface area contributed by atoms with Crippen LogP contribution >= 0.6 is 50.5 Å². The number of carbonyl (C=O) groups is 1. The second-order valence-electron chi connectivity index (χ2n) is 3.98. The highest BCUT2D eigenvalue weighted by Gasteiger charge is 2.13. The van der Waals surface area contributed by atoms with Crippen LogP contribution in [0.5, 0.6) is 5.75 Å². The van der Waals surface area contributed by atoms with E-state index in [2.05, 4.69) is 15.9 Å². The number of ether oxygens (including phenoxy) is 1. The predicted octanol–water partition coefficient (Wildman–Crippen LogP) is 5.40. The van der Waals surface area contributed by atoms with Crippen LogP contribution in [0, 0.1) is 6.92 Å². The smallest absolute Gasteiger partial charge is 0.345 e. The van der Waals surface area contributed by atoms with Crippen molar-refractivity contribution in [3.63, 3.8) is 0 Å². The highest BCUT2D eigenvalue weighted by molar-refractivity contribution is 9.10. The molecule has 3 nitrogen and oxygen atoms in total. The lowest BCUT2D eigenvalue weighted by molar-refractivity contribution is 0.0702. The number of carboxylic acid groups (broad SMARTS) is 1.